The summed E-state index contributed by atoms with van der Waals surface area (Å²) in [6.45, 7) is 3.00. The molecule has 2 heterocycles. The first kappa shape index (κ1) is 22.0. The summed E-state index contributed by atoms with van der Waals surface area (Å²) in [5, 5.41) is 3.35. The van der Waals surface area contributed by atoms with Crippen LogP contribution in [-0.4, -0.2) is 36.3 Å². The number of anilines is 1. The zero-order chi connectivity index (χ0) is 22.2. The molecule has 1 aliphatic rings. The van der Waals surface area contributed by atoms with E-state index in [2.05, 4.69) is 5.32 Å². The van der Waals surface area contributed by atoms with E-state index >= 15 is 0 Å². The fourth-order valence-corrected chi connectivity index (χ4v) is 6.46. The molecule has 7 nitrogen and oxygen atoms in total. The van der Waals surface area contributed by atoms with Gasteiger partial charge in [0.15, 0.2) is 0 Å². The highest BCUT2D eigenvalue weighted by atomic mass is 35.5. The van der Waals surface area contributed by atoms with E-state index in [1.54, 1.807) is 28.8 Å². The third-order valence-corrected chi connectivity index (χ3v) is 8.53. The molecule has 1 saturated heterocycles. The monoisotopic (exact) mass is 479 g/mol. The number of piperidine rings is 1. The Kier molecular flexibility index (Phi) is 6.20. The Morgan fingerprint density at radius 2 is 1.97 bits per heavy atom. The molecule has 1 amide bonds. The number of halogens is 1. The summed E-state index contributed by atoms with van der Waals surface area (Å²) < 4.78 is 29.8. The molecule has 31 heavy (non-hydrogen) atoms. The number of carbonyl (C=O) groups is 1. The van der Waals surface area contributed by atoms with Crippen molar-refractivity contribution in [2.75, 3.05) is 18.4 Å². The van der Waals surface area contributed by atoms with Crippen LogP contribution < -0.4 is 10.2 Å². The number of amides is 1. The molecule has 2 aromatic carbocycles. The molecule has 1 N–H and O–H groups in total. The molecular weight excluding hydrogens is 458 g/mol. The number of nitrogens with one attached hydrogen (secondary N) is 1. The molecule has 1 aromatic heterocycles. The van der Waals surface area contributed by atoms with Crippen molar-refractivity contribution in [1.82, 2.24) is 8.87 Å². The van der Waals surface area contributed by atoms with Crippen molar-refractivity contribution < 1.29 is 13.2 Å². The maximum atomic E-state index is 13.0. The van der Waals surface area contributed by atoms with E-state index in [0.717, 1.165) is 21.6 Å². The minimum Gasteiger partial charge on any atom is -0.326 e. The summed E-state index contributed by atoms with van der Waals surface area (Å²) in [7, 11) is -3.69. The van der Waals surface area contributed by atoms with Crippen LogP contribution in [0.4, 0.5) is 5.69 Å². The molecule has 1 fully saturated rings. The van der Waals surface area contributed by atoms with E-state index < -0.39 is 15.9 Å². The van der Waals surface area contributed by atoms with E-state index in [1.807, 2.05) is 13.0 Å². The third-order valence-electron chi connectivity index (χ3n) is 5.46. The number of benzene rings is 2. The Hall–Kier alpha value is -2.20. The second-order valence-electron chi connectivity index (χ2n) is 7.44. The van der Waals surface area contributed by atoms with Gasteiger partial charge in [-0.05, 0) is 62.2 Å². The Morgan fingerprint density at radius 1 is 1.23 bits per heavy atom. The minimum atomic E-state index is -3.69. The zero-order valence-electron chi connectivity index (χ0n) is 16.9. The molecule has 0 spiro atoms. The fraction of sp³-hybridized carbons (Fsp3) is 0.333. The number of fused-ring (bicyclic) bond motifs is 1. The number of thiazole rings is 1. The molecular formula is C21H22ClN3O4S2. The van der Waals surface area contributed by atoms with Crippen molar-refractivity contribution in [3.8, 4) is 0 Å². The molecule has 164 valence electrons. The summed E-state index contributed by atoms with van der Waals surface area (Å²) in [5.41, 5.74) is 1.44. The number of nitrogens with zero attached hydrogens (tertiary/aromatic N) is 2. The van der Waals surface area contributed by atoms with Crippen LogP contribution in [0, 0.1) is 5.92 Å². The van der Waals surface area contributed by atoms with Crippen molar-refractivity contribution in [3.63, 3.8) is 0 Å². The molecule has 4 rings (SSSR count). The lowest BCUT2D eigenvalue weighted by molar-refractivity contribution is -0.120. The highest BCUT2D eigenvalue weighted by molar-refractivity contribution is 7.89. The Bertz CT molecular complexity index is 1280. The van der Waals surface area contributed by atoms with Crippen LogP contribution in [0.5, 0.6) is 0 Å². The van der Waals surface area contributed by atoms with Crippen LogP contribution in [0.2, 0.25) is 5.02 Å². The van der Waals surface area contributed by atoms with Crippen molar-refractivity contribution in [2.24, 2.45) is 5.92 Å². The summed E-state index contributed by atoms with van der Waals surface area (Å²) in [4.78, 5) is 25.0. The molecule has 0 unspecified atom stereocenters. The fourth-order valence-electron chi connectivity index (χ4n) is 3.82. The van der Waals surface area contributed by atoms with Crippen LogP contribution in [0.25, 0.3) is 10.2 Å². The van der Waals surface area contributed by atoms with Gasteiger partial charge in [-0.25, -0.2) is 8.42 Å². The topological polar surface area (TPSA) is 88.5 Å². The van der Waals surface area contributed by atoms with Gasteiger partial charge in [-0.15, -0.1) is 0 Å². The molecule has 0 saturated carbocycles. The van der Waals surface area contributed by atoms with Gasteiger partial charge in [0, 0.05) is 30.3 Å². The summed E-state index contributed by atoms with van der Waals surface area (Å²) in [5.74, 6) is -0.678. The molecule has 3 aromatic rings. The molecule has 1 atom stereocenters. The van der Waals surface area contributed by atoms with Gasteiger partial charge >= 0.3 is 4.87 Å². The lowest BCUT2D eigenvalue weighted by Crippen LogP contribution is -2.43. The quantitative estimate of drug-likeness (QED) is 0.603. The molecule has 0 aliphatic carbocycles. The molecule has 10 heteroatoms. The summed E-state index contributed by atoms with van der Waals surface area (Å²) >= 11 is 7.01. The average Bonchev–Trinajstić information content (AvgIpc) is 3.08. The van der Waals surface area contributed by atoms with Crippen molar-refractivity contribution in [2.45, 2.75) is 31.2 Å². The Morgan fingerprint density at radius 3 is 2.68 bits per heavy atom. The van der Waals surface area contributed by atoms with Crippen molar-refractivity contribution in [3.05, 3.63) is 57.2 Å². The second kappa shape index (κ2) is 8.74. The van der Waals surface area contributed by atoms with Gasteiger partial charge in [-0.3, -0.25) is 14.2 Å². The van der Waals surface area contributed by atoms with Crippen LogP contribution in [-0.2, 0) is 21.4 Å². The van der Waals surface area contributed by atoms with Gasteiger partial charge in [0.1, 0.15) is 0 Å². The van der Waals surface area contributed by atoms with Crippen LogP contribution in [0.15, 0.2) is 52.2 Å². The van der Waals surface area contributed by atoms with Crippen LogP contribution in [0.3, 0.4) is 0 Å². The predicted molar refractivity (Wildman–Crippen MR) is 123 cm³/mol. The SMILES string of the molecule is CCn1c(=O)sc2cc(NC(=O)[C@@H]3CCCN(S(=O)(=O)c4ccc(Cl)cc4)C3)ccc21. The average molecular weight is 480 g/mol. The number of rotatable bonds is 5. The standard InChI is InChI=1S/C21H22ClN3O4S2/c1-2-25-18-10-7-16(12-19(18)30-21(25)27)23-20(26)14-4-3-11-24(13-14)31(28,29)17-8-5-15(22)6-9-17/h5-10,12,14H,2-4,11,13H2,1H3,(H,23,26)/t14-/m1/s1. The lowest BCUT2D eigenvalue weighted by atomic mass is 9.98. The summed E-state index contributed by atoms with van der Waals surface area (Å²) in [6, 6.07) is 11.4. The van der Waals surface area contributed by atoms with Gasteiger partial charge in [0.2, 0.25) is 15.9 Å². The first-order valence-corrected chi connectivity index (χ1v) is 12.6. The third kappa shape index (κ3) is 4.41. The Labute approximate surface area is 189 Å². The summed E-state index contributed by atoms with van der Waals surface area (Å²) in [6.07, 6.45) is 1.21. The predicted octanol–water partition coefficient (Wildman–Crippen LogP) is 3.78. The molecule has 1 aliphatic heterocycles. The lowest BCUT2D eigenvalue weighted by Gasteiger charge is -2.31. The number of hydrogen-bond acceptors (Lipinski definition) is 5. The van der Waals surface area contributed by atoms with E-state index in [-0.39, 0.29) is 22.2 Å². The van der Waals surface area contributed by atoms with Gasteiger partial charge in [-0.2, -0.15) is 4.31 Å². The highest BCUT2D eigenvalue weighted by Gasteiger charge is 2.33. The van der Waals surface area contributed by atoms with E-state index in [0.29, 0.717) is 36.6 Å². The number of sulfonamides is 1. The van der Waals surface area contributed by atoms with Gasteiger partial charge in [0.25, 0.3) is 0 Å². The second-order valence-corrected chi connectivity index (χ2v) is 10.8. The van der Waals surface area contributed by atoms with Crippen LogP contribution >= 0.6 is 22.9 Å². The van der Waals surface area contributed by atoms with E-state index in [1.165, 1.54) is 16.4 Å². The van der Waals surface area contributed by atoms with Gasteiger partial charge < -0.3 is 5.32 Å². The first-order valence-electron chi connectivity index (χ1n) is 9.99. The molecule has 0 radical (unpaired) electrons. The number of aryl methyl sites for hydroxylation is 1. The van der Waals surface area contributed by atoms with E-state index in [9.17, 15) is 18.0 Å². The maximum Gasteiger partial charge on any atom is 0.308 e. The van der Waals surface area contributed by atoms with Gasteiger partial charge in [-0.1, -0.05) is 22.9 Å². The maximum absolute atomic E-state index is 13.0. The largest absolute Gasteiger partial charge is 0.326 e. The van der Waals surface area contributed by atoms with Crippen molar-refractivity contribution >= 4 is 54.8 Å². The zero-order valence-corrected chi connectivity index (χ0v) is 19.3. The molecule has 0 bridgehead atoms. The minimum absolute atomic E-state index is 0.0312. The number of aromatic nitrogens is 1. The normalized spacial score (nSPS) is 17.7. The highest BCUT2D eigenvalue weighted by Crippen LogP contribution is 2.27. The number of carbonyl (C=O) groups excluding carboxylic acids is 1. The van der Waals surface area contributed by atoms with E-state index in [4.69, 9.17) is 11.6 Å². The number of hydrogen-bond donors (Lipinski definition) is 1. The van der Waals surface area contributed by atoms with Crippen LogP contribution in [0.1, 0.15) is 19.8 Å². The smallest absolute Gasteiger partial charge is 0.308 e. The Balaban J connectivity index is 1.49. The van der Waals surface area contributed by atoms with Crippen molar-refractivity contribution in [1.29, 1.82) is 0 Å². The first-order chi connectivity index (χ1) is 14.8. The van der Waals surface area contributed by atoms with Gasteiger partial charge in [0.05, 0.1) is 21.0 Å².